The van der Waals surface area contributed by atoms with Crippen LogP contribution in [0.25, 0.3) is 10.9 Å². The van der Waals surface area contributed by atoms with Gasteiger partial charge in [0.1, 0.15) is 16.8 Å². The van der Waals surface area contributed by atoms with E-state index in [1.165, 1.54) is 12.1 Å². The maximum Gasteiger partial charge on any atom is 0.360 e. The first kappa shape index (κ1) is 27.0. The zero-order valence-electron chi connectivity index (χ0n) is 20.0. The summed E-state index contributed by atoms with van der Waals surface area (Å²) in [4.78, 5) is 38.9. The zero-order chi connectivity index (χ0) is 23.7. The van der Waals surface area contributed by atoms with Gasteiger partial charge in [-0.15, -0.1) is 0 Å². The number of carbonyl (C=O) groups excluding carboxylic acids is 2. The Balaban J connectivity index is 0.00000512. The second-order valence-corrected chi connectivity index (χ2v) is 9.49. The third-order valence-corrected chi connectivity index (χ3v) is 4.05. The molecule has 0 aliphatic rings. The Hall–Kier alpha value is -3.05. The van der Waals surface area contributed by atoms with Crippen molar-refractivity contribution in [3.63, 3.8) is 0 Å². The first-order valence-corrected chi connectivity index (χ1v) is 9.90. The van der Waals surface area contributed by atoms with Gasteiger partial charge in [-0.1, -0.05) is 0 Å². The molecule has 0 unspecified atom stereocenters. The van der Waals surface area contributed by atoms with Crippen molar-refractivity contribution in [2.75, 3.05) is 20.6 Å². The highest BCUT2D eigenvalue weighted by atomic mass is 16.6. The number of hydrogen-bond acceptors (Lipinski definition) is 9. The molecule has 32 heavy (non-hydrogen) atoms. The second-order valence-electron chi connectivity index (χ2n) is 9.49. The summed E-state index contributed by atoms with van der Waals surface area (Å²) >= 11 is 0. The number of aromatic nitrogens is 2. The topological polar surface area (TPSA) is 152 Å². The summed E-state index contributed by atoms with van der Waals surface area (Å²) in [5.41, 5.74) is -2.22. The van der Waals surface area contributed by atoms with E-state index in [-0.39, 0.29) is 22.8 Å². The van der Waals surface area contributed by atoms with Crippen LogP contribution < -0.4 is 6.15 Å². The molecule has 1 aromatic heterocycles. The lowest BCUT2D eigenvalue weighted by atomic mass is 10.0. The summed E-state index contributed by atoms with van der Waals surface area (Å²) in [6, 6.07) is 2.71. The number of carbonyl (C=O) groups is 2. The van der Waals surface area contributed by atoms with Crippen LogP contribution in [0.1, 0.15) is 62.4 Å². The Labute approximate surface area is 187 Å². The molecule has 11 nitrogen and oxygen atoms in total. The van der Waals surface area contributed by atoms with Crippen LogP contribution in [0.3, 0.4) is 0 Å². The van der Waals surface area contributed by atoms with Gasteiger partial charge >= 0.3 is 11.9 Å². The summed E-state index contributed by atoms with van der Waals surface area (Å²) in [6.45, 7) is 11.1. The molecule has 0 aliphatic heterocycles. The lowest BCUT2D eigenvalue weighted by molar-refractivity contribution is -0.385. The first-order valence-electron chi connectivity index (χ1n) is 9.90. The van der Waals surface area contributed by atoms with Crippen LogP contribution in [-0.4, -0.2) is 63.4 Å². The minimum Gasteiger partial charge on any atom is -0.456 e. The van der Waals surface area contributed by atoms with Crippen LogP contribution in [0.15, 0.2) is 12.1 Å². The van der Waals surface area contributed by atoms with Crippen LogP contribution >= 0.6 is 0 Å². The molecule has 11 heteroatoms. The summed E-state index contributed by atoms with van der Waals surface area (Å²) in [7, 11) is 3.77. The molecule has 1 aromatic carbocycles. The predicted octanol–water partition coefficient (Wildman–Crippen LogP) is 3.58. The SMILES string of the molecule is CN(C)CCn1nc(C(=O)OC(C)(C)C)c2c(C(=O)OC(C)(C)C)c([N+](=O)[O-])ccc21.N. The summed E-state index contributed by atoms with van der Waals surface area (Å²) in [5, 5.41) is 16.1. The molecule has 0 amide bonds. The fourth-order valence-electron chi connectivity index (χ4n) is 2.88. The number of ether oxygens (including phenoxy) is 2. The van der Waals surface area contributed by atoms with Crippen molar-refractivity contribution in [1.29, 1.82) is 0 Å². The molecule has 0 spiro atoms. The summed E-state index contributed by atoms with van der Waals surface area (Å²) in [5.74, 6) is -1.67. The first-order chi connectivity index (χ1) is 14.1. The molecular weight excluding hydrogens is 418 g/mol. The number of nitrogens with zero attached hydrogens (tertiary/aromatic N) is 4. The fourth-order valence-corrected chi connectivity index (χ4v) is 2.88. The van der Waals surface area contributed by atoms with E-state index in [0.717, 1.165) is 0 Å². The molecule has 1 heterocycles. The summed E-state index contributed by atoms with van der Waals surface area (Å²) < 4.78 is 12.4. The van der Waals surface area contributed by atoms with Crippen LogP contribution in [0.4, 0.5) is 5.69 Å². The number of esters is 2. The van der Waals surface area contributed by atoms with Crippen LogP contribution in [0, 0.1) is 10.1 Å². The number of fused-ring (bicyclic) bond motifs is 1. The van der Waals surface area contributed by atoms with Crippen molar-refractivity contribution in [3.8, 4) is 0 Å². The molecule has 3 N–H and O–H groups in total. The van der Waals surface area contributed by atoms with Gasteiger partial charge < -0.3 is 20.5 Å². The Morgan fingerprint density at radius 2 is 1.59 bits per heavy atom. The molecule has 0 aliphatic carbocycles. The molecule has 2 rings (SSSR count). The fraction of sp³-hybridized carbons (Fsp3) is 0.571. The number of likely N-dealkylation sites (N-methyl/N-ethyl adjacent to an activating group) is 1. The Morgan fingerprint density at radius 1 is 1.06 bits per heavy atom. The van der Waals surface area contributed by atoms with Crippen molar-refractivity contribution in [2.45, 2.75) is 59.3 Å². The van der Waals surface area contributed by atoms with Gasteiger partial charge in [-0.2, -0.15) is 5.10 Å². The van der Waals surface area contributed by atoms with E-state index >= 15 is 0 Å². The Morgan fingerprint density at radius 3 is 2.06 bits per heavy atom. The highest BCUT2D eigenvalue weighted by Crippen LogP contribution is 2.33. The molecule has 0 fully saturated rings. The van der Waals surface area contributed by atoms with Crippen molar-refractivity contribution in [2.24, 2.45) is 0 Å². The number of rotatable bonds is 6. The standard InChI is InChI=1S/C21H30N4O6.H3N/c1-20(2,3)30-18(26)16-14(25(28)29)10-9-13-15(16)17(19(27)31-21(4,5)6)22-24(13)12-11-23(7)8;/h9-10H,11-12H2,1-8H3;1H3. The number of benzene rings is 1. The third-order valence-electron chi connectivity index (χ3n) is 4.05. The minimum atomic E-state index is -0.901. The van der Waals surface area contributed by atoms with E-state index in [1.807, 2.05) is 19.0 Å². The van der Waals surface area contributed by atoms with E-state index in [2.05, 4.69) is 5.10 Å². The van der Waals surface area contributed by atoms with Gasteiger partial charge in [-0.05, 0) is 61.7 Å². The van der Waals surface area contributed by atoms with Crippen LogP contribution in [-0.2, 0) is 16.0 Å². The molecular formula is C21H33N5O6. The monoisotopic (exact) mass is 451 g/mol. The van der Waals surface area contributed by atoms with Gasteiger partial charge in [-0.25, -0.2) is 9.59 Å². The molecule has 0 bridgehead atoms. The summed E-state index contributed by atoms with van der Waals surface area (Å²) in [6.07, 6.45) is 0. The zero-order valence-corrected chi connectivity index (χ0v) is 20.0. The molecule has 0 atom stereocenters. The van der Waals surface area contributed by atoms with E-state index in [0.29, 0.717) is 18.6 Å². The normalized spacial score (nSPS) is 11.9. The number of nitro benzene ring substituents is 1. The molecule has 178 valence electrons. The maximum absolute atomic E-state index is 13.0. The Kier molecular flexibility index (Phi) is 8.11. The quantitative estimate of drug-likeness (QED) is 0.394. The van der Waals surface area contributed by atoms with Gasteiger partial charge in [-0.3, -0.25) is 14.8 Å². The van der Waals surface area contributed by atoms with E-state index in [1.54, 1.807) is 46.2 Å². The van der Waals surface area contributed by atoms with Crippen LogP contribution in [0.5, 0.6) is 0 Å². The molecule has 0 saturated carbocycles. The van der Waals surface area contributed by atoms with Gasteiger partial charge in [0.05, 0.1) is 22.4 Å². The van der Waals surface area contributed by atoms with Gasteiger partial charge in [0, 0.05) is 12.6 Å². The predicted molar refractivity (Wildman–Crippen MR) is 120 cm³/mol. The van der Waals surface area contributed by atoms with E-state index in [9.17, 15) is 19.7 Å². The van der Waals surface area contributed by atoms with Crippen molar-refractivity contribution in [1.82, 2.24) is 20.8 Å². The average molecular weight is 452 g/mol. The molecule has 0 saturated heterocycles. The lowest BCUT2D eigenvalue weighted by Gasteiger charge is -2.20. The van der Waals surface area contributed by atoms with Gasteiger partial charge in [0.15, 0.2) is 5.69 Å². The van der Waals surface area contributed by atoms with Crippen LogP contribution in [0.2, 0.25) is 0 Å². The lowest BCUT2D eigenvalue weighted by Crippen LogP contribution is -2.26. The number of nitro groups is 1. The smallest absolute Gasteiger partial charge is 0.360 e. The molecule has 0 radical (unpaired) electrons. The van der Waals surface area contributed by atoms with Crippen molar-refractivity contribution < 1.29 is 24.0 Å². The minimum absolute atomic E-state index is 0. The van der Waals surface area contributed by atoms with E-state index < -0.39 is 33.8 Å². The van der Waals surface area contributed by atoms with Gasteiger partial charge in [0.2, 0.25) is 0 Å². The highest BCUT2D eigenvalue weighted by Gasteiger charge is 2.34. The molecule has 2 aromatic rings. The maximum atomic E-state index is 13.0. The van der Waals surface area contributed by atoms with Crippen molar-refractivity contribution >= 4 is 28.5 Å². The largest absolute Gasteiger partial charge is 0.456 e. The third kappa shape index (κ3) is 6.47. The Bertz CT molecular complexity index is 1010. The number of hydrogen-bond donors (Lipinski definition) is 1. The average Bonchev–Trinajstić information content (AvgIpc) is 2.94. The van der Waals surface area contributed by atoms with E-state index in [4.69, 9.17) is 9.47 Å². The van der Waals surface area contributed by atoms with Crippen molar-refractivity contribution in [3.05, 3.63) is 33.5 Å². The highest BCUT2D eigenvalue weighted by molar-refractivity contribution is 6.14. The second kappa shape index (κ2) is 9.61. The van der Waals surface area contributed by atoms with Gasteiger partial charge in [0.25, 0.3) is 5.69 Å².